The molecule has 2 rings (SSSR count). The van der Waals surface area contributed by atoms with Crippen molar-refractivity contribution in [3.8, 4) is 0 Å². The zero-order valence-electron chi connectivity index (χ0n) is 8.33. The molecule has 0 spiro atoms. The first-order valence-corrected chi connectivity index (χ1v) is 4.99. The van der Waals surface area contributed by atoms with Crippen LogP contribution in [0.4, 0.5) is 0 Å². The van der Waals surface area contributed by atoms with Crippen molar-refractivity contribution < 1.29 is 4.79 Å². The predicted octanol–water partition coefficient (Wildman–Crippen LogP) is 1.97. The largest absolute Gasteiger partial charge is 0.349 e. The Morgan fingerprint density at radius 1 is 1.53 bits per heavy atom. The fourth-order valence-electron chi connectivity index (χ4n) is 1.64. The Morgan fingerprint density at radius 3 is 2.93 bits per heavy atom. The van der Waals surface area contributed by atoms with Crippen LogP contribution in [0.2, 0.25) is 5.02 Å². The summed E-state index contributed by atoms with van der Waals surface area (Å²) in [5, 5.41) is 1.54. The number of benzene rings is 1. The van der Waals surface area contributed by atoms with Gasteiger partial charge in [0.15, 0.2) is 5.78 Å². The first kappa shape index (κ1) is 10.2. The van der Waals surface area contributed by atoms with Gasteiger partial charge in [-0.1, -0.05) is 11.6 Å². The van der Waals surface area contributed by atoms with Gasteiger partial charge in [-0.25, -0.2) is 0 Å². The number of ketones is 1. The quantitative estimate of drug-likeness (QED) is 0.790. The molecule has 1 aromatic carbocycles. The van der Waals surface area contributed by atoms with Gasteiger partial charge in [0.1, 0.15) is 0 Å². The maximum absolute atomic E-state index is 11.4. The van der Waals surface area contributed by atoms with Gasteiger partial charge < -0.3 is 10.3 Å². The van der Waals surface area contributed by atoms with E-state index in [1.165, 1.54) is 0 Å². The molecule has 0 aliphatic carbocycles. The van der Waals surface area contributed by atoms with Crippen molar-refractivity contribution in [3.05, 3.63) is 35.0 Å². The second kappa shape index (κ2) is 3.68. The minimum absolute atomic E-state index is 0.0238. The highest BCUT2D eigenvalue weighted by atomic mass is 35.5. The highest BCUT2D eigenvalue weighted by Gasteiger charge is 2.08. The Kier molecular flexibility index (Phi) is 2.50. The fraction of sp³-hybridized carbons (Fsp3) is 0.182. The average molecular weight is 223 g/mol. The summed E-state index contributed by atoms with van der Waals surface area (Å²) in [5.74, 6) is -0.0724. The summed E-state index contributed by atoms with van der Waals surface area (Å²) in [6.07, 6.45) is 1.82. The third-order valence-corrected chi connectivity index (χ3v) is 2.75. The lowest BCUT2D eigenvalue weighted by molar-refractivity contribution is 0.100. The van der Waals surface area contributed by atoms with Crippen LogP contribution in [0.1, 0.15) is 10.4 Å². The zero-order chi connectivity index (χ0) is 11.0. The number of nitrogens with two attached hydrogens (primary N) is 1. The number of aromatic nitrogens is 1. The standard InChI is InChI=1S/C11H11ClN2O/c1-14-6-9(12)8-4-7(11(15)5-13)2-3-10(8)14/h2-4,6H,5,13H2,1H3. The van der Waals surface area contributed by atoms with Crippen LogP contribution in [0, 0.1) is 0 Å². The number of carbonyl (C=O) groups is 1. The molecule has 0 atom stereocenters. The minimum Gasteiger partial charge on any atom is -0.349 e. The van der Waals surface area contributed by atoms with Crippen molar-refractivity contribution in [2.45, 2.75) is 0 Å². The van der Waals surface area contributed by atoms with Crippen molar-refractivity contribution in [2.24, 2.45) is 12.8 Å². The molecule has 0 aliphatic heterocycles. The maximum Gasteiger partial charge on any atom is 0.176 e. The van der Waals surface area contributed by atoms with Gasteiger partial charge >= 0.3 is 0 Å². The van der Waals surface area contributed by atoms with Gasteiger partial charge in [-0.3, -0.25) is 4.79 Å². The number of hydrogen-bond acceptors (Lipinski definition) is 2. The second-order valence-electron chi connectivity index (χ2n) is 3.45. The molecule has 2 N–H and O–H groups in total. The molecule has 15 heavy (non-hydrogen) atoms. The van der Waals surface area contributed by atoms with E-state index in [-0.39, 0.29) is 12.3 Å². The number of rotatable bonds is 2. The molecule has 78 valence electrons. The van der Waals surface area contributed by atoms with E-state index in [1.807, 2.05) is 23.9 Å². The molecule has 0 unspecified atom stereocenters. The summed E-state index contributed by atoms with van der Waals surface area (Å²) in [7, 11) is 1.92. The number of hydrogen-bond donors (Lipinski definition) is 1. The first-order chi connectivity index (χ1) is 7.13. The number of aryl methyl sites for hydroxylation is 1. The van der Waals surface area contributed by atoms with Crippen LogP contribution in [-0.2, 0) is 7.05 Å². The smallest absolute Gasteiger partial charge is 0.176 e. The van der Waals surface area contributed by atoms with Crippen LogP contribution in [0.15, 0.2) is 24.4 Å². The lowest BCUT2D eigenvalue weighted by atomic mass is 10.1. The third-order valence-electron chi connectivity index (χ3n) is 2.45. The van der Waals surface area contributed by atoms with E-state index in [0.717, 1.165) is 10.9 Å². The van der Waals surface area contributed by atoms with Gasteiger partial charge in [-0.05, 0) is 18.2 Å². The van der Waals surface area contributed by atoms with E-state index in [2.05, 4.69) is 0 Å². The molecule has 0 amide bonds. The number of fused-ring (bicyclic) bond motifs is 1. The van der Waals surface area contributed by atoms with Crippen LogP contribution in [0.3, 0.4) is 0 Å². The molecule has 0 aliphatic rings. The van der Waals surface area contributed by atoms with Crippen molar-refractivity contribution in [2.75, 3.05) is 6.54 Å². The minimum atomic E-state index is -0.0724. The Hall–Kier alpha value is -1.32. The van der Waals surface area contributed by atoms with E-state index in [9.17, 15) is 4.79 Å². The summed E-state index contributed by atoms with van der Waals surface area (Å²) < 4.78 is 1.92. The third kappa shape index (κ3) is 1.64. The van der Waals surface area contributed by atoms with Crippen LogP contribution >= 0.6 is 11.6 Å². The van der Waals surface area contributed by atoms with Crippen LogP contribution in [-0.4, -0.2) is 16.9 Å². The summed E-state index contributed by atoms with van der Waals surface area (Å²) in [6, 6.07) is 5.44. The molecule has 1 heterocycles. The molecule has 0 saturated heterocycles. The molecule has 0 fully saturated rings. The molecule has 3 nitrogen and oxygen atoms in total. The molecule has 4 heteroatoms. The van der Waals surface area contributed by atoms with Gasteiger partial charge in [0.25, 0.3) is 0 Å². The number of carbonyl (C=O) groups excluding carboxylic acids is 1. The second-order valence-corrected chi connectivity index (χ2v) is 3.85. The van der Waals surface area contributed by atoms with Gasteiger partial charge in [0.05, 0.1) is 11.6 Å². The Morgan fingerprint density at radius 2 is 2.27 bits per heavy atom. The van der Waals surface area contributed by atoms with Crippen LogP contribution in [0.25, 0.3) is 10.9 Å². The lowest BCUT2D eigenvalue weighted by Gasteiger charge is -1.99. The molecular weight excluding hydrogens is 212 g/mol. The molecule has 0 bridgehead atoms. The highest BCUT2D eigenvalue weighted by molar-refractivity contribution is 6.35. The molecule has 1 aromatic heterocycles. The van der Waals surface area contributed by atoms with E-state index in [4.69, 9.17) is 17.3 Å². The summed E-state index contributed by atoms with van der Waals surface area (Å²) in [6.45, 7) is 0.0238. The predicted molar refractivity (Wildman–Crippen MR) is 61.3 cm³/mol. The number of nitrogens with zero attached hydrogens (tertiary/aromatic N) is 1. The topological polar surface area (TPSA) is 48.0 Å². The fourth-order valence-corrected chi connectivity index (χ4v) is 1.93. The number of halogens is 1. The van der Waals surface area contributed by atoms with Crippen LogP contribution in [0.5, 0.6) is 0 Å². The van der Waals surface area contributed by atoms with Gasteiger partial charge in [0.2, 0.25) is 0 Å². The SMILES string of the molecule is Cn1cc(Cl)c2cc(C(=O)CN)ccc21. The van der Waals surface area contributed by atoms with Crippen molar-refractivity contribution >= 4 is 28.3 Å². The van der Waals surface area contributed by atoms with Crippen molar-refractivity contribution in [1.29, 1.82) is 0 Å². The Labute approximate surface area is 92.4 Å². The van der Waals surface area contributed by atoms with E-state index >= 15 is 0 Å². The number of Topliss-reactive ketones (excluding diaryl/α,β-unsaturated/α-hetero) is 1. The van der Waals surface area contributed by atoms with Crippen molar-refractivity contribution in [1.82, 2.24) is 4.57 Å². The first-order valence-electron chi connectivity index (χ1n) is 4.61. The average Bonchev–Trinajstić information content (AvgIpc) is 2.53. The maximum atomic E-state index is 11.4. The Bertz CT molecular complexity index is 531. The Balaban J connectivity index is 2.65. The summed E-state index contributed by atoms with van der Waals surface area (Å²) in [5.41, 5.74) is 6.92. The van der Waals surface area contributed by atoms with Crippen LogP contribution < -0.4 is 5.73 Å². The van der Waals surface area contributed by atoms with E-state index < -0.39 is 0 Å². The van der Waals surface area contributed by atoms with E-state index in [0.29, 0.717) is 10.6 Å². The highest BCUT2D eigenvalue weighted by Crippen LogP contribution is 2.25. The van der Waals surface area contributed by atoms with Gasteiger partial charge in [0, 0.05) is 29.7 Å². The van der Waals surface area contributed by atoms with Gasteiger partial charge in [-0.2, -0.15) is 0 Å². The van der Waals surface area contributed by atoms with Crippen molar-refractivity contribution in [3.63, 3.8) is 0 Å². The molecular formula is C11H11ClN2O. The summed E-state index contributed by atoms with van der Waals surface area (Å²) >= 11 is 6.03. The van der Waals surface area contributed by atoms with Gasteiger partial charge in [-0.15, -0.1) is 0 Å². The lowest BCUT2D eigenvalue weighted by Crippen LogP contribution is -2.13. The monoisotopic (exact) mass is 222 g/mol. The summed E-state index contributed by atoms with van der Waals surface area (Å²) in [4.78, 5) is 11.4. The normalized spacial score (nSPS) is 10.9. The van der Waals surface area contributed by atoms with E-state index in [1.54, 1.807) is 12.1 Å². The molecule has 0 radical (unpaired) electrons. The molecule has 2 aromatic rings. The zero-order valence-corrected chi connectivity index (χ0v) is 9.08. The molecule has 0 saturated carbocycles.